The van der Waals surface area contributed by atoms with Gasteiger partial charge in [-0.1, -0.05) is 26.8 Å². The maximum absolute atomic E-state index is 5.35. The van der Waals surface area contributed by atoms with Crippen LogP contribution in [-0.2, 0) is 10.3 Å². The van der Waals surface area contributed by atoms with Gasteiger partial charge in [0, 0.05) is 11.0 Å². The molecule has 3 aliphatic rings. The summed E-state index contributed by atoms with van der Waals surface area (Å²) in [4.78, 5) is 4.81. The highest BCUT2D eigenvalue weighted by Gasteiger charge is 2.49. The summed E-state index contributed by atoms with van der Waals surface area (Å²) in [5.41, 5.74) is 9.30. The molecule has 1 saturated carbocycles. The van der Waals surface area contributed by atoms with Crippen molar-refractivity contribution >= 4 is 40.2 Å². The number of imidazole rings is 1. The van der Waals surface area contributed by atoms with Crippen molar-refractivity contribution in [2.45, 2.75) is 69.1 Å². The molecule has 3 aromatic heterocycles. The Morgan fingerprint density at radius 3 is 2.76 bits per heavy atom. The summed E-state index contributed by atoms with van der Waals surface area (Å²) in [5.74, 6) is 1.47. The van der Waals surface area contributed by atoms with Crippen molar-refractivity contribution in [2.24, 2.45) is 0 Å². The molecule has 29 heavy (non-hydrogen) atoms. The average molecular weight is 401 g/mol. The molecule has 1 fully saturated rings. The summed E-state index contributed by atoms with van der Waals surface area (Å²) in [5, 5.41) is 2.76. The Kier molecular flexibility index (Phi) is 2.77. The van der Waals surface area contributed by atoms with E-state index >= 15 is 0 Å². The molecule has 1 aliphatic heterocycles. The monoisotopic (exact) mass is 400 g/mol. The second kappa shape index (κ2) is 4.80. The van der Waals surface area contributed by atoms with Gasteiger partial charge in [0.15, 0.2) is 10.4 Å². The van der Waals surface area contributed by atoms with Crippen molar-refractivity contribution in [1.82, 2.24) is 9.38 Å². The summed E-state index contributed by atoms with van der Waals surface area (Å²) >= 11 is 5.35. The number of hydrogen-bond donors (Lipinski definition) is 1. The third-order valence-corrected chi connectivity index (χ3v) is 8.20. The lowest BCUT2D eigenvalue weighted by molar-refractivity contribution is -0.672. The Morgan fingerprint density at radius 1 is 1.17 bits per heavy atom. The Balaban J connectivity index is 1.68. The first-order valence-corrected chi connectivity index (χ1v) is 11.3. The number of thiol groups is 1. The summed E-state index contributed by atoms with van der Waals surface area (Å²) in [6.45, 7) is 8.98. The van der Waals surface area contributed by atoms with Crippen molar-refractivity contribution in [1.29, 1.82) is 0 Å². The van der Waals surface area contributed by atoms with Crippen LogP contribution in [0.5, 0.6) is 0 Å². The Morgan fingerprint density at radius 2 is 1.97 bits per heavy atom. The lowest BCUT2D eigenvalue weighted by Crippen LogP contribution is -2.49. The molecule has 4 aromatic rings. The molecule has 0 radical (unpaired) electrons. The van der Waals surface area contributed by atoms with Gasteiger partial charge in [-0.05, 0) is 72.7 Å². The smallest absolute Gasteiger partial charge is 0.226 e. The van der Waals surface area contributed by atoms with E-state index in [2.05, 4.69) is 67.1 Å². The highest BCUT2D eigenvalue weighted by molar-refractivity contribution is 7.81. The molecule has 146 valence electrons. The first kappa shape index (κ1) is 16.7. The zero-order valence-electron chi connectivity index (χ0n) is 17.5. The number of rotatable bonds is 0. The summed E-state index contributed by atoms with van der Waals surface area (Å²) in [6, 6.07) is 9.21. The molecule has 3 unspecified atom stereocenters. The van der Waals surface area contributed by atoms with E-state index in [1.54, 1.807) is 11.1 Å². The van der Waals surface area contributed by atoms with Gasteiger partial charge >= 0.3 is 5.65 Å². The Bertz CT molecular complexity index is 1400. The van der Waals surface area contributed by atoms with Crippen LogP contribution in [0.1, 0.15) is 81.2 Å². The molecular weight excluding hydrogens is 374 g/mol. The number of pyridine rings is 2. The highest BCUT2D eigenvalue weighted by atomic mass is 32.1. The van der Waals surface area contributed by atoms with Gasteiger partial charge in [0.05, 0.1) is 11.6 Å². The predicted molar refractivity (Wildman–Crippen MR) is 120 cm³/mol. The minimum Gasteiger partial charge on any atom is -0.226 e. The first-order valence-electron chi connectivity index (χ1n) is 10.9. The van der Waals surface area contributed by atoms with Crippen LogP contribution in [-0.4, -0.2) is 9.38 Å². The van der Waals surface area contributed by atoms with Crippen molar-refractivity contribution in [3.63, 3.8) is 0 Å². The van der Waals surface area contributed by atoms with Crippen LogP contribution in [0.4, 0.5) is 0 Å². The van der Waals surface area contributed by atoms with Crippen molar-refractivity contribution in [3.05, 3.63) is 52.8 Å². The molecule has 0 N–H and O–H groups in total. The van der Waals surface area contributed by atoms with Gasteiger partial charge in [0.25, 0.3) is 0 Å². The molecule has 3 atom stereocenters. The molecule has 0 spiro atoms. The molecular formula is C25H26N3S+. The van der Waals surface area contributed by atoms with Crippen molar-refractivity contribution in [2.75, 3.05) is 0 Å². The number of hydrogen-bond acceptors (Lipinski definition) is 2. The standard InChI is InChI=1S/C25H25N3S/c1-24(2,3)18-8-7-17-22(26-18)28-23-20-15(9-10-27(17)23)12-16-13-5-6-14(11-13)19(16)21(20)25(28,4)29/h7-10,12-14H,5-6,11H2,1-4H3/p+1. The molecule has 0 saturated heterocycles. The molecule has 2 bridgehead atoms. The summed E-state index contributed by atoms with van der Waals surface area (Å²) in [6.07, 6.45) is 6.26. The topological polar surface area (TPSA) is 21.2 Å². The predicted octanol–water partition coefficient (Wildman–Crippen LogP) is 5.55. The van der Waals surface area contributed by atoms with Gasteiger partial charge < -0.3 is 0 Å². The molecule has 2 aliphatic carbocycles. The number of aromatic nitrogens is 3. The van der Waals surface area contributed by atoms with Gasteiger partial charge in [-0.2, -0.15) is 0 Å². The molecule has 4 heterocycles. The normalized spacial score (nSPS) is 27.2. The van der Waals surface area contributed by atoms with E-state index in [0.29, 0.717) is 0 Å². The molecule has 1 aromatic carbocycles. The van der Waals surface area contributed by atoms with E-state index in [9.17, 15) is 0 Å². The van der Waals surface area contributed by atoms with E-state index in [-0.39, 0.29) is 10.3 Å². The van der Waals surface area contributed by atoms with Crippen LogP contribution < -0.4 is 4.57 Å². The van der Waals surface area contributed by atoms with Gasteiger partial charge in [-0.25, -0.2) is 8.97 Å². The minimum atomic E-state index is -0.381. The van der Waals surface area contributed by atoms with E-state index in [4.69, 9.17) is 17.6 Å². The quantitative estimate of drug-likeness (QED) is 0.303. The van der Waals surface area contributed by atoms with E-state index in [0.717, 1.165) is 23.2 Å². The highest BCUT2D eigenvalue weighted by Crippen LogP contribution is 2.58. The van der Waals surface area contributed by atoms with Crippen LogP contribution in [0.3, 0.4) is 0 Å². The van der Waals surface area contributed by atoms with Crippen LogP contribution in [0.25, 0.3) is 27.6 Å². The zero-order chi connectivity index (χ0) is 19.9. The fraction of sp³-hybridized carbons (Fsp3) is 0.440. The summed E-state index contributed by atoms with van der Waals surface area (Å²) in [7, 11) is 0. The van der Waals surface area contributed by atoms with E-state index < -0.39 is 0 Å². The second-order valence-corrected chi connectivity index (χ2v) is 11.5. The molecule has 0 amide bonds. The fourth-order valence-corrected chi connectivity index (χ4v) is 6.93. The van der Waals surface area contributed by atoms with Gasteiger partial charge in [0.1, 0.15) is 5.69 Å². The van der Waals surface area contributed by atoms with Crippen LogP contribution in [0.2, 0.25) is 0 Å². The Hall–Kier alpha value is -2.07. The maximum atomic E-state index is 5.35. The van der Waals surface area contributed by atoms with Gasteiger partial charge in [-0.15, -0.1) is 17.6 Å². The van der Waals surface area contributed by atoms with Crippen LogP contribution in [0.15, 0.2) is 30.5 Å². The zero-order valence-corrected chi connectivity index (χ0v) is 18.3. The second-order valence-electron chi connectivity index (χ2n) is 10.6. The third kappa shape index (κ3) is 1.80. The SMILES string of the molecule is CC(C)(C)c1ccc2c(n1)[n+]1c3c4c(c5c(cc4ccn23)C2CCC5C2)C1(C)S. The van der Waals surface area contributed by atoms with Crippen molar-refractivity contribution < 1.29 is 4.57 Å². The number of nitrogens with zero attached hydrogens (tertiary/aromatic N) is 3. The number of fused-ring (bicyclic) bond motifs is 9. The average Bonchev–Trinajstić information content (AvgIpc) is 3.40. The lowest BCUT2D eigenvalue weighted by Gasteiger charge is -2.26. The van der Waals surface area contributed by atoms with E-state index in [1.807, 2.05) is 0 Å². The van der Waals surface area contributed by atoms with Crippen LogP contribution in [0, 0.1) is 0 Å². The maximum Gasteiger partial charge on any atom is 0.304 e. The molecule has 7 rings (SSSR count). The molecule has 3 nitrogen and oxygen atoms in total. The third-order valence-electron chi connectivity index (χ3n) is 7.78. The number of benzene rings is 1. The fourth-order valence-electron chi connectivity index (χ4n) is 6.50. The van der Waals surface area contributed by atoms with Gasteiger partial charge in [0.2, 0.25) is 5.65 Å². The lowest BCUT2D eigenvalue weighted by atomic mass is 9.84. The molecule has 4 heteroatoms. The minimum absolute atomic E-state index is 0.0176. The van der Waals surface area contributed by atoms with Gasteiger partial charge in [-0.3, -0.25) is 0 Å². The summed E-state index contributed by atoms with van der Waals surface area (Å²) < 4.78 is 4.74. The van der Waals surface area contributed by atoms with Crippen molar-refractivity contribution in [3.8, 4) is 0 Å². The van der Waals surface area contributed by atoms with E-state index in [1.165, 1.54) is 46.8 Å². The largest absolute Gasteiger partial charge is 0.304 e. The Labute approximate surface area is 176 Å². The van der Waals surface area contributed by atoms with Crippen LogP contribution >= 0.6 is 12.6 Å². The first-order chi connectivity index (χ1) is 13.8.